The lowest BCUT2D eigenvalue weighted by atomic mass is 9.85. The largest absolute Gasteiger partial charge is 0.313 e. The van der Waals surface area contributed by atoms with Crippen LogP contribution in [0.4, 0.5) is 4.39 Å². The van der Waals surface area contributed by atoms with Crippen molar-refractivity contribution >= 4 is 0 Å². The molecule has 0 heterocycles. The minimum atomic E-state index is -0.166. The van der Waals surface area contributed by atoms with Crippen molar-refractivity contribution in [2.75, 3.05) is 27.2 Å². The van der Waals surface area contributed by atoms with Gasteiger partial charge in [0.2, 0.25) is 0 Å². The fraction of sp³-hybridized carbons (Fsp3) is 0.625. The quantitative estimate of drug-likeness (QED) is 0.813. The molecule has 2 rings (SSSR count). The first-order valence-electron chi connectivity index (χ1n) is 7.30. The SMILES string of the molecule is CNC(CCN(C)CC1CCC1)c1ccc(F)cc1. The summed E-state index contributed by atoms with van der Waals surface area (Å²) in [5.41, 5.74) is 1.17. The van der Waals surface area contributed by atoms with E-state index in [1.807, 2.05) is 19.2 Å². The van der Waals surface area contributed by atoms with Crippen molar-refractivity contribution in [3.63, 3.8) is 0 Å². The number of rotatable bonds is 7. The van der Waals surface area contributed by atoms with Crippen LogP contribution < -0.4 is 5.32 Å². The van der Waals surface area contributed by atoms with Crippen LogP contribution in [0.5, 0.6) is 0 Å². The first-order chi connectivity index (χ1) is 9.19. The Morgan fingerprint density at radius 1 is 1.32 bits per heavy atom. The molecule has 1 atom stereocenters. The Hall–Kier alpha value is -0.930. The van der Waals surface area contributed by atoms with Crippen molar-refractivity contribution in [3.8, 4) is 0 Å². The van der Waals surface area contributed by atoms with Crippen LogP contribution in [0.25, 0.3) is 0 Å². The van der Waals surface area contributed by atoms with Crippen molar-refractivity contribution in [2.45, 2.75) is 31.7 Å². The molecule has 0 saturated heterocycles. The zero-order valence-corrected chi connectivity index (χ0v) is 12.0. The maximum absolute atomic E-state index is 12.9. The lowest BCUT2D eigenvalue weighted by Gasteiger charge is -2.31. The number of nitrogens with zero attached hydrogens (tertiary/aromatic N) is 1. The molecule has 3 heteroatoms. The number of hydrogen-bond acceptors (Lipinski definition) is 2. The fourth-order valence-electron chi connectivity index (χ4n) is 2.73. The van der Waals surface area contributed by atoms with Gasteiger partial charge in [0.05, 0.1) is 0 Å². The lowest BCUT2D eigenvalue weighted by Crippen LogP contribution is -2.32. The van der Waals surface area contributed by atoms with Crippen LogP contribution in [0.15, 0.2) is 24.3 Å². The van der Waals surface area contributed by atoms with Gasteiger partial charge in [-0.05, 0) is 63.5 Å². The normalized spacial score (nSPS) is 17.5. The van der Waals surface area contributed by atoms with Crippen LogP contribution in [-0.2, 0) is 0 Å². The Bertz CT molecular complexity index is 373. The Labute approximate surface area is 116 Å². The minimum Gasteiger partial charge on any atom is -0.313 e. The highest BCUT2D eigenvalue weighted by molar-refractivity contribution is 5.19. The van der Waals surface area contributed by atoms with E-state index < -0.39 is 0 Å². The summed E-state index contributed by atoms with van der Waals surface area (Å²) >= 11 is 0. The summed E-state index contributed by atoms with van der Waals surface area (Å²) in [6.07, 6.45) is 5.27. The van der Waals surface area contributed by atoms with E-state index in [0.29, 0.717) is 6.04 Å². The monoisotopic (exact) mass is 264 g/mol. The molecule has 19 heavy (non-hydrogen) atoms. The Kier molecular flexibility index (Phi) is 5.34. The first-order valence-corrected chi connectivity index (χ1v) is 7.30. The number of halogens is 1. The van der Waals surface area contributed by atoms with Gasteiger partial charge in [-0.1, -0.05) is 18.6 Å². The second-order valence-electron chi connectivity index (χ2n) is 5.74. The van der Waals surface area contributed by atoms with Crippen molar-refractivity contribution in [2.24, 2.45) is 5.92 Å². The molecule has 106 valence electrons. The van der Waals surface area contributed by atoms with E-state index in [0.717, 1.165) is 18.9 Å². The number of benzene rings is 1. The number of nitrogens with one attached hydrogen (secondary N) is 1. The number of hydrogen-bond donors (Lipinski definition) is 1. The molecule has 1 N–H and O–H groups in total. The summed E-state index contributed by atoms with van der Waals surface area (Å²) in [5, 5.41) is 3.33. The van der Waals surface area contributed by atoms with Gasteiger partial charge in [-0.15, -0.1) is 0 Å². The van der Waals surface area contributed by atoms with Gasteiger partial charge in [0.15, 0.2) is 0 Å². The Morgan fingerprint density at radius 2 is 2.00 bits per heavy atom. The van der Waals surface area contributed by atoms with Gasteiger partial charge in [-0.2, -0.15) is 0 Å². The third-order valence-corrected chi connectivity index (χ3v) is 4.21. The molecule has 0 radical (unpaired) electrons. The molecular formula is C16H25FN2. The van der Waals surface area contributed by atoms with Gasteiger partial charge < -0.3 is 10.2 Å². The van der Waals surface area contributed by atoms with Crippen LogP contribution >= 0.6 is 0 Å². The fourth-order valence-corrected chi connectivity index (χ4v) is 2.73. The third kappa shape index (κ3) is 4.29. The second-order valence-corrected chi connectivity index (χ2v) is 5.74. The second kappa shape index (κ2) is 7.01. The minimum absolute atomic E-state index is 0.166. The van der Waals surface area contributed by atoms with Crippen molar-refractivity contribution in [3.05, 3.63) is 35.6 Å². The van der Waals surface area contributed by atoms with Gasteiger partial charge in [0.25, 0.3) is 0 Å². The van der Waals surface area contributed by atoms with Crippen LogP contribution in [-0.4, -0.2) is 32.1 Å². The van der Waals surface area contributed by atoms with Crippen molar-refractivity contribution in [1.29, 1.82) is 0 Å². The molecular weight excluding hydrogens is 239 g/mol. The molecule has 2 nitrogen and oxygen atoms in total. The van der Waals surface area contributed by atoms with Crippen LogP contribution in [0, 0.1) is 11.7 Å². The summed E-state index contributed by atoms with van der Waals surface area (Å²) in [5.74, 6) is 0.754. The van der Waals surface area contributed by atoms with E-state index in [4.69, 9.17) is 0 Å². The van der Waals surface area contributed by atoms with Gasteiger partial charge in [0, 0.05) is 12.6 Å². The molecule has 1 unspecified atom stereocenters. The molecule has 1 aliphatic rings. The molecule has 0 amide bonds. The standard InChI is InChI=1S/C16H25FN2/c1-18-16(14-6-8-15(17)9-7-14)10-11-19(2)12-13-4-3-5-13/h6-9,13,16,18H,3-5,10-12H2,1-2H3. The molecule has 0 aromatic heterocycles. The highest BCUT2D eigenvalue weighted by Gasteiger charge is 2.19. The van der Waals surface area contributed by atoms with Gasteiger partial charge in [-0.3, -0.25) is 0 Å². The average molecular weight is 264 g/mol. The maximum Gasteiger partial charge on any atom is 0.123 e. The van der Waals surface area contributed by atoms with Crippen LogP contribution in [0.1, 0.15) is 37.3 Å². The zero-order chi connectivity index (χ0) is 13.7. The predicted molar refractivity (Wildman–Crippen MR) is 77.7 cm³/mol. The zero-order valence-electron chi connectivity index (χ0n) is 12.0. The predicted octanol–water partition coefficient (Wildman–Crippen LogP) is 3.21. The summed E-state index contributed by atoms with van der Waals surface area (Å²) in [4.78, 5) is 2.43. The van der Waals surface area contributed by atoms with E-state index >= 15 is 0 Å². The van der Waals surface area contributed by atoms with Gasteiger partial charge in [-0.25, -0.2) is 4.39 Å². The summed E-state index contributed by atoms with van der Waals surface area (Å²) in [6.45, 7) is 2.30. The molecule has 1 aromatic carbocycles. The highest BCUT2D eigenvalue weighted by atomic mass is 19.1. The molecule has 1 aromatic rings. The summed E-state index contributed by atoms with van der Waals surface area (Å²) in [7, 11) is 4.18. The highest BCUT2D eigenvalue weighted by Crippen LogP contribution is 2.27. The molecule has 1 aliphatic carbocycles. The van der Waals surface area contributed by atoms with Crippen molar-refractivity contribution < 1.29 is 4.39 Å². The Morgan fingerprint density at radius 3 is 2.53 bits per heavy atom. The first kappa shape index (κ1) is 14.5. The topological polar surface area (TPSA) is 15.3 Å². The van der Waals surface area contributed by atoms with Crippen LogP contribution in [0.2, 0.25) is 0 Å². The molecule has 1 saturated carbocycles. The molecule has 0 aliphatic heterocycles. The summed E-state index contributed by atoms with van der Waals surface area (Å²) in [6, 6.07) is 7.14. The molecule has 1 fully saturated rings. The molecule has 0 bridgehead atoms. The molecule has 0 spiro atoms. The lowest BCUT2D eigenvalue weighted by molar-refractivity contribution is 0.199. The summed E-state index contributed by atoms with van der Waals surface area (Å²) < 4.78 is 12.9. The van der Waals surface area contributed by atoms with E-state index in [2.05, 4.69) is 17.3 Å². The van der Waals surface area contributed by atoms with Gasteiger partial charge >= 0.3 is 0 Å². The van der Waals surface area contributed by atoms with Crippen LogP contribution in [0.3, 0.4) is 0 Å². The van der Waals surface area contributed by atoms with E-state index in [1.54, 1.807) is 0 Å². The van der Waals surface area contributed by atoms with Crippen molar-refractivity contribution in [1.82, 2.24) is 10.2 Å². The average Bonchev–Trinajstić information content (AvgIpc) is 2.36. The van der Waals surface area contributed by atoms with Gasteiger partial charge in [0.1, 0.15) is 5.82 Å². The van der Waals surface area contributed by atoms with E-state index in [9.17, 15) is 4.39 Å². The Balaban J connectivity index is 1.79. The third-order valence-electron chi connectivity index (χ3n) is 4.21. The van der Waals surface area contributed by atoms with E-state index in [1.165, 1.54) is 43.5 Å². The van der Waals surface area contributed by atoms with E-state index in [-0.39, 0.29) is 5.82 Å². The maximum atomic E-state index is 12.9. The smallest absolute Gasteiger partial charge is 0.123 e.